The van der Waals surface area contributed by atoms with Gasteiger partial charge in [0.2, 0.25) is 0 Å². The van der Waals surface area contributed by atoms with Crippen LogP contribution < -0.4 is 4.74 Å². The first kappa shape index (κ1) is 19.5. The van der Waals surface area contributed by atoms with E-state index in [4.69, 9.17) is 9.47 Å². The van der Waals surface area contributed by atoms with Gasteiger partial charge in [0, 0.05) is 12.6 Å². The highest BCUT2D eigenvalue weighted by atomic mass is 35.5. The molecule has 0 unspecified atom stereocenters. The number of ether oxygens (including phenoxy) is 2. The summed E-state index contributed by atoms with van der Waals surface area (Å²) in [5, 5.41) is 0. The predicted molar refractivity (Wildman–Crippen MR) is 88.0 cm³/mol. The third-order valence-corrected chi connectivity index (χ3v) is 3.07. The van der Waals surface area contributed by atoms with Gasteiger partial charge in [-0.1, -0.05) is 26.0 Å². The molecule has 0 saturated heterocycles. The number of methoxy groups -OCH3 is 1. The van der Waals surface area contributed by atoms with Crippen LogP contribution in [0.2, 0.25) is 0 Å². The van der Waals surface area contributed by atoms with Crippen LogP contribution in [0, 0.1) is 0 Å². The number of nitrogens with zero attached hydrogens (tertiary/aromatic N) is 1. The average molecular weight is 314 g/mol. The zero-order chi connectivity index (χ0) is 14.8. The van der Waals surface area contributed by atoms with E-state index < -0.39 is 0 Å². The van der Waals surface area contributed by atoms with Gasteiger partial charge in [-0.3, -0.25) is 0 Å². The number of halogens is 1. The second-order valence-corrected chi connectivity index (χ2v) is 4.30. The Balaban J connectivity index is 0.00000400. The predicted octanol–water partition coefficient (Wildman–Crippen LogP) is 3.02. The third kappa shape index (κ3) is 7.73. The average Bonchev–Trinajstić information content (AvgIpc) is 2.50. The fourth-order valence-electron chi connectivity index (χ4n) is 1.74. The van der Waals surface area contributed by atoms with Crippen LogP contribution in [0.5, 0.6) is 5.75 Å². The van der Waals surface area contributed by atoms with Crippen molar-refractivity contribution in [1.82, 2.24) is 4.90 Å². The molecular weight excluding hydrogens is 290 g/mol. The number of hydrogen-bond acceptors (Lipinski definition) is 4. The van der Waals surface area contributed by atoms with E-state index >= 15 is 0 Å². The number of hydrogen-bond donors (Lipinski definition) is 0. The van der Waals surface area contributed by atoms with Crippen molar-refractivity contribution in [3.05, 3.63) is 35.9 Å². The minimum absolute atomic E-state index is 0. The minimum atomic E-state index is -0.312. The van der Waals surface area contributed by atoms with Gasteiger partial charge < -0.3 is 14.4 Å². The number of rotatable bonds is 8. The lowest BCUT2D eigenvalue weighted by atomic mass is 10.2. The first-order chi connectivity index (χ1) is 9.69. The van der Waals surface area contributed by atoms with E-state index in [9.17, 15) is 4.79 Å². The molecule has 0 heterocycles. The van der Waals surface area contributed by atoms with Crippen LogP contribution in [-0.4, -0.2) is 44.2 Å². The van der Waals surface area contributed by atoms with Gasteiger partial charge in [-0.2, -0.15) is 0 Å². The molecule has 118 valence electrons. The first-order valence-corrected chi connectivity index (χ1v) is 6.90. The molecule has 0 N–H and O–H groups in total. The molecule has 0 saturated carbocycles. The zero-order valence-electron chi connectivity index (χ0n) is 12.9. The van der Waals surface area contributed by atoms with E-state index in [2.05, 4.69) is 18.7 Å². The molecule has 0 aliphatic rings. The lowest BCUT2D eigenvalue weighted by molar-refractivity contribution is -0.138. The van der Waals surface area contributed by atoms with Crippen molar-refractivity contribution in [2.24, 2.45) is 0 Å². The van der Waals surface area contributed by atoms with Gasteiger partial charge >= 0.3 is 5.97 Å². The molecule has 0 bridgehead atoms. The molecule has 0 fully saturated rings. The van der Waals surface area contributed by atoms with E-state index in [1.165, 1.54) is 6.08 Å². The molecule has 1 rings (SSSR count). The third-order valence-electron chi connectivity index (χ3n) is 3.07. The molecule has 0 aliphatic carbocycles. The van der Waals surface area contributed by atoms with Crippen molar-refractivity contribution in [2.45, 2.75) is 13.8 Å². The van der Waals surface area contributed by atoms with Gasteiger partial charge in [-0.25, -0.2) is 4.79 Å². The monoisotopic (exact) mass is 313 g/mol. The summed E-state index contributed by atoms with van der Waals surface area (Å²) in [6.07, 6.45) is 3.18. The van der Waals surface area contributed by atoms with Gasteiger partial charge in [0.05, 0.1) is 7.11 Å². The van der Waals surface area contributed by atoms with E-state index in [-0.39, 0.29) is 18.4 Å². The quantitative estimate of drug-likeness (QED) is 0.546. The molecule has 0 atom stereocenters. The summed E-state index contributed by atoms with van der Waals surface area (Å²) < 4.78 is 10.2. The fraction of sp³-hybridized carbons (Fsp3) is 0.438. The summed E-state index contributed by atoms with van der Waals surface area (Å²) in [5.41, 5.74) is 0.937. The van der Waals surface area contributed by atoms with Crippen LogP contribution in [0.1, 0.15) is 19.4 Å². The normalized spacial score (nSPS) is 10.5. The molecule has 0 aromatic heterocycles. The van der Waals surface area contributed by atoms with Gasteiger partial charge in [-0.05, 0) is 36.9 Å². The fourth-order valence-corrected chi connectivity index (χ4v) is 1.74. The zero-order valence-corrected chi connectivity index (χ0v) is 13.7. The Morgan fingerprint density at radius 3 is 2.33 bits per heavy atom. The van der Waals surface area contributed by atoms with Gasteiger partial charge in [0.15, 0.2) is 0 Å². The van der Waals surface area contributed by atoms with Crippen molar-refractivity contribution < 1.29 is 14.3 Å². The summed E-state index contributed by atoms with van der Waals surface area (Å²) in [6.45, 7) is 7.32. The highest BCUT2D eigenvalue weighted by Crippen LogP contribution is 2.12. The Morgan fingerprint density at radius 1 is 1.19 bits per heavy atom. The topological polar surface area (TPSA) is 38.8 Å². The van der Waals surface area contributed by atoms with E-state index in [1.54, 1.807) is 13.2 Å². The molecule has 5 heteroatoms. The molecule has 4 nitrogen and oxygen atoms in total. The van der Waals surface area contributed by atoms with E-state index in [1.807, 2.05) is 24.3 Å². The Morgan fingerprint density at radius 2 is 1.81 bits per heavy atom. The maximum Gasteiger partial charge on any atom is 0.330 e. The Labute approximate surface area is 133 Å². The van der Waals surface area contributed by atoms with Gasteiger partial charge in [0.25, 0.3) is 0 Å². The van der Waals surface area contributed by atoms with Crippen LogP contribution >= 0.6 is 12.4 Å². The van der Waals surface area contributed by atoms with Crippen LogP contribution in [0.3, 0.4) is 0 Å². The van der Waals surface area contributed by atoms with Crippen molar-refractivity contribution in [1.29, 1.82) is 0 Å². The second-order valence-electron chi connectivity index (χ2n) is 4.30. The molecule has 0 aliphatic heterocycles. The van der Waals surface area contributed by atoms with Crippen molar-refractivity contribution in [2.75, 3.05) is 33.4 Å². The molecule has 21 heavy (non-hydrogen) atoms. The van der Waals surface area contributed by atoms with Crippen molar-refractivity contribution in [3.63, 3.8) is 0 Å². The molecule has 0 spiro atoms. The summed E-state index contributed by atoms with van der Waals surface area (Å²) in [6, 6.07) is 7.48. The Kier molecular flexibility index (Phi) is 10.4. The van der Waals surface area contributed by atoms with Gasteiger partial charge in [0.1, 0.15) is 12.4 Å². The number of carbonyl (C=O) groups excluding carboxylic acids is 1. The van der Waals surface area contributed by atoms with Crippen LogP contribution in [0.15, 0.2) is 30.3 Å². The largest absolute Gasteiger partial charge is 0.497 e. The number of carbonyl (C=O) groups is 1. The first-order valence-electron chi connectivity index (χ1n) is 6.90. The molecule has 1 aromatic rings. The van der Waals surface area contributed by atoms with E-state index in [0.717, 1.165) is 30.9 Å². The number of esters is 1. The molecule has 1 aromatic carbocycles. The summed E-state index contributed by atoms with van der Waals surface area (Å²) in [7, 11) is 1.62. The maximum absolute atomic E-state index is 11.5. The van der Waals surface area contributed by atoms with E-state index in [0.29, 0.717) is 6.61 Å². The summed E-state index contributed by atoms with van der Waals surface area (Å²) in [4.78, 5) is 13.8. The standard InChI is InChI=1S/C16H23NO3.ClH/c1-4-17(5-2)12-13-20-16(18)11-8-14-6-9-15(19-3)10-7-14;/h6-11H,4-5,12-13H2,1-3H3;1H/b11-8+;. The summed E-state index contributed by atoms with van der Waals surface area (Å²) in [5.74, 6) is 0.483. The van der Waals surface area contributed by atoms with Crippen LogP contribution in [0.4, 0.5) is 0 Å². The Hall–Kier alpha value is -1.52. The number of benzene rings is 1. The highest BCUT2D eigenvalue weighted by Gasteiger charge is 2.01. The van der Waals surface area contributed by atoms with Crippen molar-refractivity contribution >= 4 is 24.5 Å². The maximum atomic E-state index is 11.5. The minimum Gasteiger partial charge on any atom is -0.497 e. The lowest BCUT2D eigenvalue weighted by Gasteiger charge is -2.16. The SMILES string of the molecule is CCN(CC)CCOC(=O)/C=C/c1ccc(OC)cc1.Cl. The van der Waals surface area contributed by atoms with Gasteiger partial charge in [-0.15, -0.1) is 12.4 Å². The molecule has 0 radical (unpaired) electrons. The smallest absolute Gasteiger partial charge is 0.330 e. The van der Waals surface area contributed by atoms with Crippen LogP contribution in [-0.2, 0) is 9.53 Å². The highest BCUT2D eigenvalue weighted by molar-refractivity contribution is 5.87. The summed E-state index contributed by atoms with van der Waals surface area (Å²) >= 11 is 0. The Bertz CT molecular complexity index is 428. The molecule has 0 amide bonds. The molecular formula is C16H24ClNO3. The van der Waals surface area contributed by atoms with Crippen LogP contribution in [0.25, 0.3) is 6.08 Å². The van der Waals surface area contributed by atoms with Crippen molar-refractivity contribution in [3.8, 4) is 5.75 Å². The second kappa shape index (κ2) is 11.2. The number of likely N-dealkylation sites (N-methyl/N-ethyl adjacent to an activating group) is 1. The lowest BCUT2D eigenvalue weighted by Crippen LogP contribution is -2.27.